The van der Waals surface area contributed by atoms with Crippen LogP contribution in [0.3, 0.4) is 0 Å². The van der Waals surface area contributed by atoms with Crippen LogP contribution < -0.4 is 4.90 Å². The van der Waals surface area contributed by atoms with Crippen molar-refractivity contribution < 1.29 is 37.0 Å². The molecule has 3 aromatic carbocycles. The van der Waals surface area contributed by atoms with Crippen molar-refractivity contribution in [3.05, 3.63) is 136 Å². The van der Waals surface area contributed by atoms with E-state index in [2.05, 4.69) is 10.2 Å². The van der Waals surface area contributed by atoms with E-state index in [1.165, 1.54) is 18.2 Å². The Hall–Kier alpha value is -5.32. The highest BCUT2D eigenvalue weighted by molar-refractivity contribution is 6.21. The van der Waals surface area contributed by atoms with Crippen molar-refractivity contribution >= 4 is 23.5 Å². The van der Waals surface area contributed by atoms with Crippen LogP contribution in [0.2, 0.25) is 0 Å². The number of rotatable bonds is 9. The zero-order valence-corrected chi connectivity index (χ0v) is 25.4. The van der Waals surface area contributed by atoms with E-state index in [0.29, 0.717) is 11.3 Å². The third kappa shape index (κ3) is 6.39. The number of ketones is 1. The molecule has 2 atom stereocenters. The molecule has 4 aromatic rings. The smallest absolute Gasteiger partial charge is 0.416 e. The molecule has 1 aliphatic rings. The average Bonchev–Trinajstić information content (AvgIpc) is 3.34. The van der Waals surface area contributed by atoms with Gasteiger partial charge in [-0.05, 0) is 48.2 Å². The number of benzene rings is 3. The Morgan fingerprint density at radius 2 is 1.50 bits per heavy atom. The summed E-state index contributed by atoms with van der Waals surface area (Å²) in [6, 6.07) is 21.0. The van der Waals surface area contributed by atoms with E-state index in [4.69, 9.17) is 9.47 Å². The molecule has 5 rings (SSSR count). The van der Waals surface area contributed by atoms with Gasteiger partial charge >= 0.3 is 12.1 Å². The number of Topliss-reactive ketones (excluding diaryl/α,β-unsaturated/α-hetero) is 1. The van der Waals surface area contributed by atoms with Gasteiger partial charge in [-0.15, -0.1) is 5.10 Å². The first-order chi connectivity index (χ1) is 21.9. The standard InChI is InChI=1S/C35H30F3N3O5/c1-20(2)22-11-13-24(14-12-22)30(42)28-29(23-15-17-26(18-16-23)35(36,37)38)41(27-19-10-21(3)39-40-27)33(43)32(28)46-31(34(44)45-4)25-8-6-5-7-9-25/h5-20,29,31H,1-4H3/t29-,31?/m1/s1. The number of nitrogens with zero attached hydrogens (tertiary/aromatic N) is 3. The molecule has 0 saturated heterocycles. The van der Waals surface area contributed by atoms with E-state index in [-0.39, 0.29) is 28.4 Å². The maximum absolute atomic E-state index is 14.4. The van der Waals surface area contributed by atoms with Gasteiger partial charge in [0.2, 0.25) is 6.10 Å². The lowest BCUT2D eigenvalue weighted by Crippen LogP contribution is -2.32. The maximum atomic E-state index is 14.4. The van der Waals surface area contributed by atoms with Crippen molar-refractivity contribution in [2.75, 3.05) is 12.0 Å². The molecule has 8 nitrogen and oxygen atoms in total. The minimum Gasteiger partial charge on any atom is -0.468 e. The van der Waals surface area contributed by atoms with Gasteiger partial charge < -0.3 is 9.47 Å². The van der Waals surface area contributed by atoms with Gasteiger partial charge in [0.05, 0.1) is 30.0 Å². The molecule has 46 heavy (non-hydrogen) atoms. The molecule has 1 aliphatic heterocycles. The normalized spacial score (nSPS) is 15.7. The third-order valence-corrected chi connectivity index (χ3v) is 7.61. The van der Waals surface area contributed by atoms with E-state index in [1.807, 2.05) is 13.8 Å². The van der Waals surface area contributed by atoms with E-state index in [9.17, 15) is 27.6 Å². The molecule has 0 bridgehead atoms. The molecule has 0 aliphatic carbocycles. The van der Waals surface area contributed by atoms with Crippen LogP contribution in [0.5, 0.6) is 0 Å². The number of esters is 1. The molecule has 1 aromatic heterocycles. The predicted octanol–water partition coefficient (Wildman–Crippen LogP) is 7.08. The van der Waals surface area contributed by atoms with Crippen LogP contribution in [-0.2, 0) is 25.2 Å². The Bertz CT molecular complexity index is 1770. The van der Waals surface area contributed by atoms with Crippen LogP contribution in [0, 0.1) is 6.92 Å². The molecule has 1 amide bonds. The van der Waals surface area contributed by atoms with Crippen LogP contribution in [0.4, 0.5) is 19.0 Å². The number of anilines is 1. The third-order valence-electron chi connectivity index (χ3n) is 7.61. The number of halogens is 3. The second kappa shape index (κ2) is 13.0. The number of aryl methyl sites for hydroxylation is 1. The van der Waals surface area contributed by atoms with Crippen molar-refractivity contribution in [1.82, 2.24) is 10.2 Å². The summed E-state index contributed by atoms with van der Waals surface area (Å²) >= 11 is 0. The predicted molar refractivity (Wildman–Crippen MR) is 163 cm³/mol. The number of methoxy groups -OCH3 is 1. The number of aromatic nitrogens is 2. The molecule has 0 radical (unpaired) electrons. The molecule has 11 heteroatoms. The first-order valence-electron chi connectivity index (χ1n) is 14.4. The number of ether oxygens (including phenoxy) is 2. The van der Waals surface area contributed by atoms with E-state index >= 15 is 0 Å². The van der Waals surface area contributed by atoms with Crippen LogP contribution in [0.1, 0.15) is 70.2 Å². The monoisotopic (exact) mass is 629 g/mol. The zero-order chi connectivity index (χ0) is 33.2. The Morgan fingerprint density at radius 1 is 0.848 bits per heavy atom. The van der Waals surface area contributed by atoms with Gasteiger partial charge in [0.1, 0.15) is 0 Å². The van der Waals surface area contributed by atoms with Gasteiger partial charge in [-0.3, -0.25) is 14.5 Å². The number of carbonyl (C=O) groups excluding carboxylic acids is 3. The van der Waals surface area contributed by atoms with E-state index in [1.54, 1.807) is 67.6 Å². The lowest BCUT2D eigenvalue weighted by molar-refractivity contribution is -0.152. The van der Waals surface area contributed by atoms with E-state index in [0.717, 1.165) is 29.7 Å². The molecule has 1 unspecified atom stereocenters. The molecule has 0 fully saturated rings. The van der Waals surface area contributed by atoms with Crippen molar-refractivity contribution in [3.63, 3.8) is 0 Å². The van der Waals surface area contributed by atoms with Crippen molar-refractivity contribution in [2.24, 2.45) is 0 Å². The Kier molecular flexibility index (Phi) is 9.04. The van der Waals surface area contributed by atoms with Gasteiger partial charge in [-0.1, -0.05) is 80.6 Å². The fourth-order valence-electron chi connectivity index (χ4n) is 5.14. The quantitative estimate of drug-likeness (QED) is 0.144. The minimum absolute atomic E-state index is 0.0221. The Labute approximate surface area is 263 Å². The van der Waals surface area contributed by atoms with Crippen molar-refractivity contribution in [2.45, 2.75) is 45.0 Å². The summed E-state index contributed by atoms with van der Waals surface area (Å²) in [4.78, 5) is 42.9. The number of alkyl halides is 3. The molecule has 0 saturated carbocycles. The maximum Gasteiger partial charge on any atom is 0.416 e. The van der Waals surface area contributed by atoms with Crippen molar-refractivity contribution in [3.8, 4) is 0 Å². The highest BCUT2D eigenvalue weighted by Crippen LogP contribution is 2.44. The summed E-state index contributed by atoms with van der Waals surface area (Å²) in [7, 11) is 1.16. The first kappa shape index (κ1) is 32.1. The summed E-state index contributed by atoms with van der Waals surface area (Å²) in [5.74, 6) is -2.56. The molecular formula is C35H30F3N3O5. The first-order valence-corrected chi connectivity index (χ1v) is 14.4. The minimum atomic E-state index is -4.61. The van der Waals surface area contributed by atoms with Crippen LogP contribution in [-0.4, -0.2) is 35.0 Å². The summed E-state index contributed by atoms with van der Waals surface area (Å²) < 4.78 is 51.7. The number of amides is 1. The second-order valence-electron chi connectivity index (χ2n) is 11.0. The summed E-state index contributed by atoms with van der Waals surface area (Å²) in [5, 5.41) is 8.20. The SMILES string of the molecule is COC(=O)C(OC1=C(C(=O)c2ccc(C(C)C)cc2)[C@@H](c2ccc(C(F)(F)F)cc2)N(c2ccc(C)nn2)C1=O)c1ccccc1. The number of hydrogen-bond acceptors (Lipinski definition) is 7. The van der Waals surface area contributed by atoms with Crippen molar-refractivity contribution in [1.29, 1.82) is 0 Å². The van der Waals surface area contributed by atoms with Gasteiger partial charge in [-0.2, -0.15) is 18.3 Å². The Morgan fingerprint density at radius 3 is 2.04 bits per heavy atom. The topological polar surface area (TPSA) is 98.7 Å². The lowest BCUT2D eigenvalue weighted by atomic mass is 9.91. The molecular weight excluding hydrogens is 599 g/mol. The number of hydrogen-bond donors (Lipinski definition) is 0. The summed E-state index contributed by atoms with van der Waals surface area (Å²) in [5.41, 5.74) is 1.15. The molecule has 0 N–H and O–H groups in total. The van der Waals surface area contributed by atoms with Gasteiger partial charge in [0, 0.05) is 11.1 Å². The largest absolute Gasteiger partial charge is 0.468 e. The molecule has 236 valence electrons. The van der Waals surface area contributed by atoms with Gasteiger partial charge in [0.15, 0.2) is 17.4 Å². The average molecular weight is 630 g/mol. The fourth-order valence-corrected chi connectivity index (χ4v) is 5.14. The van der Waals surface area contributed by atoms with Gasteiger partial charge in [0.25, 0.3) is 5.91 Å². The highest BCUT2D eigenvalue weighted by Gasteiger charge is 2.48. The highest BCUT2D eigenvalue weighted by atomic mass is 19.4. The van der Waals surface area contributed by atoms with Crippen LogP contribution >= 0.6 is 0 Å². The van der Waals surface area contributed by atoms with Crippen LogP contribution in [0.15, 0.2) is 102 Å². The lowest BCUT2D eigenvalue weighted by Gasteiger charge is -2.26. The molecule has 2 heterocycles. The number of carbonyl (C=O) groups is 3. The zero-order valence-electron chi connectivity index (χ0n) is 25.4. The Balaban J connectivity index is 1.74. The summed E-state index contributed by atoms with van der Waals surface area (Å²) in [6.07, 6.45) is -6.06. The van der Waals surface area contributed by atoms with Gasteiger partial charge in [-0.25, -0.2) is 4.79 Å². The molecule has 0 spiro atoms. The van der Waals surface area contributed by atoms with Crippen LogP contribution in [0.25, 0.3) is 0 Å². The summed E-state index contributed by atoms with van der Waals surface area (Å²) in [6.45, 7) is 5.69. The van der Waals surface area contributed by atoms with E-state index < -0.39 is 47.3 Å². The fraction of sp³-hybridized carbons (Fsp3) is 0.229. The second-order valence-corrected chi connectivity index (χ2v) is 11.0.